The Morgan fingerprint density at radius 2 is 1.97 bits per heavy atom. The van der Waals surface area contributed by atoms with Gasteiger partial charge in [0.05, 0.1) is 5.39 Å². The highest BCUT2D eigenvalue weighted by Crippen LogP contribution is 2.27. The Morgan fingerprint density at radius 1 is 1.10 bits per heavy atom. The summed E-state index contributed by atoms with van der Waals surface area (Å²) in [6.07, 6.45) is 8.37. The molecule has 1 aliphatic rings. The zero-order valence-electron chi connectivity index (χ0n) is 17.7. The molecule has 4 heteroatoms. The first kappa shape index (κ1) is 20.7. The highest BCUT2D eigenvalue weighted by atomic mass is 16.5. The Labute approximate surface area is 178 Å². The first-order valence-corrected chi connectivity index (χ1v) is 11.3. The van der Waals surface area contributed by atoms with Crippen LogP contribution in [-0.4, -0.2) is 18.7 Å². The van der Waals surface area contributed by atoms with Crippen LogP contribution in [-0.2, 0) is 0 Å². The second kappa shape index (κ2) is 9.94. The average molecular weight is 406 g/mol. The van der Waals surface area contributed by atoms with Crippen LogP contribution in [0.1, 0.15) is 51.9 Å². The molecule has 2 aromatic carbocycles. The van der Waals surface area contributed by atoms with Gasteiger partial charge in [-0.25, -0.2) is 0 Å². The minimum atomic E-state index is -0.0427. The Morgan fingerprint density at radius 3 is 2.73 bits per heavy atom. The molecule has 4 rings (SSSR count). The quantitative estimate of drug-likeness (QED) is 0.472. The fourth-order valence-corrected chi connectivity index (χ4v) is 4.26. The molecule has 4 nitrogen and oxygen atoms in total. The fraction of sp³-hybridized carbons (Fsp3) is 0.423. The first-order valence-electron chi connectivity index (χ1n) is 11.3. The third-order valence-electron chi connectivity index (χ3n) is 5.93. The van der Waals surface area contributed by atoms with E-state index >= 15 is 0 Å². The molecule has 1 aromatic heterocycles. The number of piperidine rings is 1. The van der Waals surface area contributed by atoms with Gasteiger partial charge in [0, 0.05) is 17.7 Å². The van der Waals surface area contributed by atoms with Gasteiger partial charge in [0.25, 0.3) is 0 Å². The molecule has 2 atom stereocenters. The molecule has 158 valence electrons. The predicted octanol–water partition coefficient (Wildman–Crippen LogP) is 5.93. The van der Waals surface area contributed by atoms with Gasteiger partial charge in [-0.1, -0.05) is 56.5 Å². The lowest BCUT2D eigenvalue weighted by atomic mass is 9.96. The summed E-state index contributed by atoms with van der Waals surface area (Å²) in [6.45, 7) is 3.28. The number of nitrogens with one attached hydrogen (secondary N) is 1. The summed E-state index contributed by atoms with van der Waals surface area (Å²) < 4.78 is 12.5. The number of ether oxygens (including phenoxy) is 1. The second-order valence-corrected chi connectivity index (χ2v) is 8.21. The molecule has 3 aromatic rings. The topological polar surface area (TPSA) is 51.5 Å². The molecule has 1 fully saturated rings. The molecule has 2 unspecified atom stereocenters. The van der Waals surface area contributed by atoms with Gasteiger partial charge in [-0.15, -0.1) is 0 Å². The first-order chi connectivity index (χ1) is 14.7. The second-order valence-electron chi connectivity index (χ2n) is 8.21. The van der Waals surface area contributed by atoms with E-state index in [0.29, 0.717) is 22.8 Å². The molecule has 0 aliphatic carbocycles. The van der Waals surface area contributed by atoms with Crippen molar-refractivity contribution in [2.45, 2.75) is 64.0 Å². The molecule has 0 bridgehead atoms. The van der Waals surface area contributed by atoms with Crippen molar-refractivity contribution >= 4 is 11.0 Å². The van der Waals surface area contributed by atoms with E-state index in [1.807, 2.05) is 48.5 Å². The molecule has 1 N–H and O–H groups in total. The number of rotatable bonds is 8. The van der Waals surface area contributed by atoms with Gasteiger partial charge < -0.3 is 14.5 Å². The van der Waals surface area contributed by atoms with E-state index in [4.69, 9.17) is 9.15 Å². The molecule has 1 aliphatic heterocycles. The van der Waals surface area contributed by atoms with Crippen LogP contribution in [0.15, 0.2) is 63.8 Å². The smallest absolute Gasteiger partial charge is 0.193 e. The Balaban J connectivity index is 1.58. The summed E-state index contributed by atoms with van der Waals surface area (Å²) in [5.41, 5.74) is 1.45. The standard InChI is InChI=1S/C26H31NO3/c1-2-3-5-13-25(22-12-8-9-16-27-22)29-20-14-15-24-21(17-20)23(28)18-26(30-24)19-10-6-4-7-11-19/h4,6-7,10-11,14-15,17-18,22,25,27H,2-3,5,8-9,12-13,16H2,1H3. The summed E-state index contributed by atoms with van der Waals surface area (Å²) in [6, 6.07) is 17.3. The van der Waals surface area contributed by atoms with Crippen LogP contribution in [0, 0.1) is 0 Å². The number of fused-ring (bicyclic) bond motifs is 1. The Bertz CT molecular complexity index is 1010. The lowest BCUT2D eigenvalue weighted by molar-refractivity contribution is 0.125. The minimum Gasteiger partial charge on any atom is -0.489 e. The van der Waals surface area contributed by atoms with E-state index < -0.39 is 0 Å². The molecular weight excluding hydrogens is 374 g/mol. The van der Waals surface area contributed by atoms with E-state index in [0.717, 1.165) is 37.1 Å². The van der Waals surface area contributed by atoms with Crippen molar-refractivity contribution in [1.82, 2.24) is 5.32 Å². The third-order valence-corrected chi connectivity index (χ3v) is 5.93. The summed E-state index contributed by atoms with van der Waals surface area (Å²) in [5.74, 6) is 1.33. The van der Waals surface area contributed by atoms with Crippen LogP contribution in [0.4, 0.5) is 0 Å². The van der Waals surface area contributed by atoms with E-state index in [-0.39, 0.29) is 11.5 Å². The number of hydrogen-bond acceptors (Lipinski definition) is 4. The molecule has 30 heavy (non-hydrogen) atoms. The van der Waals surface area contributed by atoms with Crippen molar-refractivity contribution in [1.29, 1.82) is 0 Å². The van der Waals surface area contributed by atoms with Crippen LogP contribution in [0.5, 0.6) is 5.75 Å². The summed E-state index contributed by atoms with van der Waals surface area (Å²) >= 11 is 0. The maximum Gasteiger partial charge on any atom is 0.193 e. The Kier molecular flexibility index (Phi) is 6.85. The normalized spacial score (nSPS) is 17.7. The summed E-state index contributed by atoms with van der Waals surface area (Å²) in [4.78, 5) is 12.8. The van der Waals surface area contributed by atoms with Crippen molar-refractivity contribution in [2.24, 2.45) is 0 Å². The van der Waals surface area contributed by atoms with E-state index in [1.54, 1.807) is 6.07 Å². The van der Waals surface area contributed by atoms with Crippen LogP contribution in [0.25, 0.3) is 22.3 Å². The van der Waals surface area contributed by atoms with Gasteiger partial charge in [0.1, 0.15) is 23.2 Å². The lowest BCUT2D eigenvalue weighted by Gasteiger charge is -2.32. The summed E-state index contributed by atoms with van der Waals surface area (Å²) in [7, 11) is 0. The Hall–Kier alpha value is -2.59. The van der Waals surface area contributed by atoms with E-state index in [1.165, 1.54) is 25.7 Å². The lowest BCUT2D eigenvalue weighted by Crippen LogP contribution is -2.45. The molecule has 0 radical (unpaired) electrons. The van der Waals surface area contributed by atoms with Crippen LogP contribution in [0.3, 0.4) is 0 Å². The monoisotopic (exact) mass is 405 g/mol. The molecule has 0 amide bonds. The van der Waals surface area contributed by atoms with Crippen LogP contribution in [0.2, 0.25) is 0 Å². The van der Waals surface area contributed by atoms with Gasteiger partial charge in [0.15, 0.2) is 5.43 Å². The van der Waals surface area contributed by atoms with Gasteiger partial charge in [-0.05, 0) is 50.4 Å². The van der Waals surface area contributed by atoms with Crippen molar-refractivity contribution in [3.8, 4) is 17.1 Å². The molecular formula is C26H31NO3. The molecule has 1 saturated heterocycles. The third kappa shape index (κ3) is 4.93. The number of hydrogen-bond donors (Lipinski definition) is 1. The maximum atomic E-state index is 12.8. The van der Waals surface area contributed by atoms with Crippen molar-refractivity contribution < 1.29 is 9.15 Å². The number of benzene rings is 2. The minimum absolute atomic E-state index is 0.0427. The van der Waals surface area contributed by atoms with Gasteiger partial charge in [0.2, 0.25) is 0 Å². The maximum absolute atomic E-state index is 12.8. The van der Waals surface area contributed by atoms with Crippen molar-refractivity contribution in [3.05, 3.63) is 64.8 Å². The molecule has 2 heterocycles. The molecule has 0 saturated carbocycles. The zero-order chi connectivity index (χ0) is 20.8. The SMILES string of the molecule is CCCCCC(Oc1ccc2oc(-c3ccccc3)cc(=O)c2c1)C1CCCCN1. The van der Waals surface area contributed by atoms with E-state index in [9.17, 15) is 4.79 Å². The van der Waals surface area contributed by atoms with Crippen molar-refractivity contribution in [3.63, 3.8) is 0 Å². The molecule has 0 spiro atoms. The number of unbranched alkanes of at least 4 members (excludes halogenated alkanes) is 2. The van der Waals surface area contributed by atoms with Gasteiger partial charge in [-0.3, -0.25) is 4.79 Å². The largest absolute Gasteiger partial charge is 0.489 e. The van der Waals surface area contributed by atoms with Crippen LogP contribution >= 0.6 is 0 Å². The van der Waals surface area contributed by atoms with Gasteiger partial charge >= 0.3 is 0 Å². The van der Waals surface area contributed by atoms with Crippen molar-refractivity contribution in [2.75, 3.05) is 6.54 Å². The highest BCUT2D eigenvalue weighted by molar-refractivity contribution is 5.80. The highest BCUT2D eigenvalue weighted by Gasteiger charge is 2.25. The average Bonchev–Trinajstić information content (AvgIpc) is 2.80. The van der Waals surface area contributed by atoms with Crippen LogP contribution < -0.4 is 15.5 Å². The zero-order valence-corrected chi connectivity index (χ0v) is 17.7. The van der Waals surface area contributed by atoms with Gasteiger partial charge in [-0.2, -0.15) is 0 Å². The van der Waals surface area contributed by atoms with E-state index in [2.05, 4.69) is 12.2 Å². The summed E-state index contributed by atoms with van der Waals surface area (Å²) in [5, 5.41) is 4.20. The predicted molar refractivity (Wildman–Crippen MR) is 122 cm³/mol. The fourth-order valence-electron chi connectivity index (χ4n) is 4.26.